The molecule has 1 saturated heterocycles. The second-order valence-corrected chi connectivity index (χ2v) is 11.1. The zero-order chi connectivity index (χ0) is 27.8. The summed E-state index contributed by atoms with van der Waals surface area (Å²) in [4.78, 5) is 34.8. The first-order chi connectivity index (χ1) is 19.5. The monoisotopic (exact) mass is 556 g/mol. The number of carbonyl (C=O) groups is 2. The third kappa shape index (κ3) is 4.64. The highest BCUT2D eigenvalue weighted by Gasteiger charge is 2.47. The van der Waals surface area contributed by atoms with Gasteiger partial charge in [-0.15, -0.1) is 0 Å². The molecule has 40 heavy (non-hydrogen) atoms. The molecule has 0 saturated carbocycles. The molecule has 204 valence electrons. The van der Waals surface area contributed by atoms with Gasteiger partial charge in [0.25, 0.3) is 0 Å². The van der Waals surface area contributed by atoms with E-state index in [0.717, 1.165) is 16.2 Å². The van der Waals surface area contributed by atoms with E-state index in [-0.39, 0.29) is 18.0 Å². The lowest BCUT2D eigenvalue weighted by Gasteiger charge is -2.35. The second-order valence-electron chi connectivity index (χ2n) is 9.92. The third-order valence-electron chi connectivity index (χ3n) is 7.45. The van der Waals surface area contributed by atoms with E-state index in [2.05, 4.69) is 21.8 Å². The maximum absolute atomic E-state index is 13.6. The van der Waals surface area contributed by atoms with Gasteiger partial charge >= 0.3 is 6.03 Å². The summed E-state index contributed by atoms with van der Waals surface area (Å²) in [6.45, 7) is 3.18. The number of nitrogens with zero attached hydrogens (tertiary/aromatic N) is 4. The number of thioether (sulfide) groups is 1. The van der Waals surface area contributed by atoms with Crippen LogP contribution in [0.3, 0.4) is 0 Å². The Balaban J connectivity index is 1.24. The largest absolute Gasteiger partial charge is 0.493 e. The van der Waals surface area contributed by atoms with Crippen LogP contribution in [0.5, 0.6) is 17.2 Å². The Morgan fingerprint density at radius 2 is 1.93 bits per heavy atom. The van der Waals surface area contributed by atoms with Crippen molar-refractivity contribution in [1.29, 1.82) is 5.26 Å². The maximum atomic E-state index is 13.6. The minimum atomic E-state index is -0.526. The summed E-state index contributed by atoms with van der Waals surface area (Å²) >= 11 is 1.38. The molecular weight excluding hydrogens is 528 g/mol. The first-order valence-corrected chi connectivity index (χ1v) is 14.0. The quantitative estimate of drug-likeness (QED) is 0.422. The molecule has 11 heteroatoms. The fourth-order valence-electron chi connectivity index (χ4n) is 5.44. The zero-order valence-corrected chi connectivity index (χ0v) is 22.9. The number of methoxy groups -OCH3 is 1. The van der Waals surface area contributed by atoms with Gasteiger partial charge in [-0.1, -0.05) is 23.9 Å². The summed E-state index contributed by atoms with van der Waals surface area (Å²) in [5.74, 6) is 1.72. The average Bonchev–Trinajstić information content (AvgIpc) is 3.34. The Labute approximate surface area is 236 Å². The van der Waals surface area contributed by atoms with Gasteiger partial charge in [-0.05, 0) is 61.7 Å². The molecule has 2 N–H and O–H groups in total. The summed E-state index contributed by atoms with van der Waals surface area (Å²) in [6.07, 6.45) is 5.27. The molecule has 1 aromatic heterocycles. The van der Waals surface area contributed by atoms with E-state index in [1.807, 2.05) is 55.5 Å². The molecule has 3 aliphatic heterocycles. The van der Waals surface area contributed by atoms with Crippen LogP contribution in [0.15, 0.2) is 59.8 Å². The minimum absolute atomic E-state index is 0.00358. The van der Waals surface area contributed by atoms with Crippen LogP contribution in [-0.2, 0) is 4.79 Å². The van der Waals surface area contributed by atoms with Gasteiger partial charge in [-0.3, -0.25) is 9.69 Å². The topological polar surface area (TPSA) is 120 Å². The molecule has 10 nitrogen and oxygen atoms in total. The van der Waals surface area contributed by atoms with Crippen LogP contribution < -0.4 is 25.0 Å². The number of benzene rings is 2. The Morgan fingerprint density at radius 3 is 2.65 bits per heavy atom. The van der Waals surface area contributed by atoms with E-state index in [9.17, 15) is 9.59 Å². The van der Waals surface area contributed by atoms with E-state index in [1.165, 1.54) is 11.8 Å². The average molecular weight is 557 g/mol. The number of aryl methyl sites for hydroxylation is 1. The standard InChI is InChI=1S/C29H28N6O4S/c1-17-15-19(39-23-6-4-3-5-22(23)38-2)7-8-20(17)35-21-9-12-31-28-24(21)25(33-29(35)37)26(40-28)27(36)32-18-10-13-34(16-30)14-11-18/h3-9,12,15,18,25-26H,10-11,13-14H2,1-2H3,(H,32,36)(H,33,37). The summed E-state index contributed by atoms with van der Waals surface area (Å²) < 4.78 is 11.4. The number of hydrogen-bond acceptors (Lipinski definition) is 8. The number of aromatic nitrogens is 1. The zero-order valence-electron chi connectivity index (χ0n) is 22.1. The number of nitrogens with one attached hydrogen (secondary N) is 2. The van der Waals surface area contributed by atoms with E-state index in [1.54, 1.807) is 23.1 Å². The molecule has 2 unspecified atom stereocenters. The van der Waals surface area contributed by atoms with Crippen molar-refractivity contribution < 1.29 is 19.1 Å². The number of anilines is 2. The molecule has 3 aromatic rings. The second kappa shape index (κ2) is 10.6. The van der Waals surface area contributed by atoms with Gasteiger partial charge in [-0.25, -0.2) is 9.78 Å². The van der Waals surface area contributed by atoms with Crippen LogP contribution in [-0.4, -0.2) is 53.3 Å². The number of rotatable bonds is 6. The van der Waals surface area contributed by atoms with Gasteiger partial charge in [0.1, 0.15) is 16.0 Å². The fraction of sp³-hybridized carbons (Fsp3) is 0.310. The summed E-state index contributed by atoms with van der Waals surface area (Å²) in [5, 5.41) is 15.5. The van der Waals surface area contributed by atoms with Gasteiger partial charge < -0.3 is 25.0 Å². The lowest BCUT2D eigenvalue weighted by molar-refractivity contribution is -0.121. The molecule has 2 atom stereocenters. The number of amides is 3. The SMILES string of the molecule is COc1ccccc1Oc1ccc(N2C(=O)NC3c4c2ccnc4SC3C(=O)NC2CCN(C#N)CC2)c(C)c1. The van der Waals surface area contributed by atoms with Crippen molar-refractivity contribution in [2.24, 2.45) is 0 Å². The number of pyridine rings is 1. The number of likely N-dealkylation sites (tertiary alicyclic amines) is 1. The molecule has 0 radical (unpaired) electrons. The van der Waals surface area contributed by atoms with Crippen LogP contribution in [0.2, 0.25) is 0 Å². The van der Waals surface area contributed by atoms with E-state index in [4.69, 9.17) is 14.7 Å². The van der Waals surface area contributed by atoms with Crippen molar-refractivity contribution >= 4 is 35.1 Å². The molecular formula is C29H28N6O4S. The predicted molar refractivity (Wildman–Crippen MR) is 150 cm³/mol. The van der Waals surface area contributed by atoms with E-state index in [0.29, 0.717) is 54.6 Å². The van der Waals surface area contributed by atoms with Gasteiger partial charge in [0.05, 0.1) is 24.5 Å². The first-order valence-electron chi connectivity index (χ1n) is 13.1. The highest BCUT2D eigenvalue weighted by molar-refractivity contribution is 8.01. The van der Waals surface area contributed by atoms with Crippen LogP contribution in [0.25, 0.3) is 0 Å². The number of carbonyl (C=O) groups excluding carboxylic acids is 2. The van der Waals surface area contributed by atoms with Crippen molar-refractivity contribution in [3.05, 3.63) is 65.9 Å². The molecule has 3 aliphatic rings. The third-order valence-corrected chi connectivity index (χ3v) is 8.74. The molecule has 2 aromatic carbocycles. The van der Waals surface area contributed by atoms with E-state index < -0.39 is 11.3 Å². The number of urea groups is 1. The van der Waals surface area contributed by atoms with Gasteiger partial charge in [-0.2, -0.15) is 5.26 Å². The van der Waals surface area contributed by atoms with Crippen molar-refractivity contribution in [2.75, 3.05) is 25.1 Å². The predicted octanol–water partition coefficient (Wildman–Crippen LogP) is 4.63. The molecule has 3 amide bonds. The number of hydrogen-bond donors (Lipinski definition) is 2. The lowest BCUT2D eigenvalue weighted by Crippen LogP contribution is -2.51. The molecule has 1 fully saturated rings. The molecule has 0 spiro atoms. The summed E-state index contributed by atoms with van der Waals surface area (Å²) in [5.41, 5.74) is 3.11. The highest BCUT2D eigenvalue weighted by Crippen LogP contribution is 2.51. The number of nitriles is 1. The maximum Gasteiger partial charge on any atom is 0.327 e. The van der Waals surface area contributed by atoms with Crippen LogP contribution in [0.4, 0.5) is 16.2 Å². The van der Waals surface area contributed by atoms with Crippen molar-refractivity contribution in [3.8, 4) is 23.4 Å². The Hall–Kier alpha value is -4.43. The van der Waals surface area contributed by atoms with Crippen molar-refractivity contribution in [1.82, 2.24) is 20.5 Å². The Kier molecular flexibility index (Phi) is 6.86. The van der Waals surface area contributed by atoms with E-state index >= 15 is 0 Å². The smallest absolute Gasteiger partial charge is 0.327 e. The fourth-order valence-corrected chi connectivity index (χ4v) is 6.68. The van der Waals surface area contributed by atoms with Crippen LogP contribution in [0.1, 0.15) is 30.0 Å². The summed E-state index contributed by atoms with van der Waals surface area (Å²) in [7, 11) is 1.59. The Morgan fingerprint density at radius 1 is 1.15 bits per heavy atom. The lowest BCUT2D eigenvalue weighted by atomic mass is 9.98. The normalized spacial score (nSPS) is 19.9. The molecule has 0 aliphatic carbocycles. The molecule has 0 bridgehead atoms. The van der Waals surface area contributed by atoms with Crippen LogP contribution in [0, 0.1) is 18.4 Å². The minimum Gasteiger partial charge on any atom is -0.493 e. The van der Waals surface area contributed by atoms with Gasteiger partial charge in [0.2, 0.25) is 5.91 Å². The highest BCUT2D eigenvalue weighted by atomic mass is 32.2. The number of para-hydroxylation sites is 2. The number of ether oxygens (including phenoxy) is 2. The summed E-state index contributed by atoms with van der Waals surface area (Å²) in [6, 6.07) is 14.0. The van der Waals surface area contributed by atoms with Crippen molar-refractivity contribution in [3.63, 3.8) is 0 Å². The first kappa shape index (κ1) is 25.8. The molecule has 4 heterocycles. The van der Waals surface area contributed by atoms with Gasteiger partial charge in [0, 0.05) is 30.9 Å². The van der Waals surface area contributed by atoms with Gasteiger partial charge in [0.15, 0.2) is 17.7 Å². The molecule has 6 rings (SSSR count). The Bertz CT molecular complexity index is 1520. The van der Waals surface area contributed by atoms with Crippen LogP contribution >= 0.6 is 11.8 Å². The number of piperidine rings is 1. The van der Waals surface area contributed by atoms with Crippen molar-refractivity contribution in [2.45, 2.75) is 42.1 Å².